The minimum atomic E-state index is -0.857. The predicted octanol–water partition coefficient (Wildman–Crippen LogP) is 2.32. The first kappa shape index (κ1) is 9.46. The lowest BCUT2D eigenvalue weighted by Gasteiger charge is -2.37. The van der Waals surface area contributed by atoms with Crippen molar-refractivity contribution in [3.05, 3.63) is 33.3 Å². The minimum Gasteiger partial charge on any atom is -0.380 e. The Morgan fingerprint density at radius 2 is 2.15 bits per heavy atom. The lowest BCUT2D eigenvalue weighted by atomic mass is 9.92. The Balaban J connectivity index is 2.43. The van der Waals surface area contributed by atoms with E-state index in [1.54, 1.807) is 12.1 Å². The fourth-order valence-corrected chi connectivity index (χ4v) is 2.09. The van der Waals surface area contributed by atoms with E-state index in [-0.39, 0.29) is 0 Å². The summed E-state index contributed by atoms with van der Waals surface area (Å²) in [5, 5.41) is 10.6. The molecule has 13 heavy (non-hydrogen) atoms. The van der Waals surface area contributed by atoms with E-state index in [4.69, 9.17) is 16.3 Å². The van der Waals surface area contributed by atoms with Crippen LogP contribution in [0.15, 0.2) is 22.7 Å². The second kappa shape index (κ2) is 3.24. The number of rotatable bonds is 1. The topological polar surface area (TPSA) is 29.5 Å². The van der Waals surface area contributed by atoms with Crippen molar-refractivity contribution in [3.63, 3.8) is 0 Å². The van der Waals surface area contributed by atoms with Gasteiger partial charge in [0.15, 0.2) is 0 Å². The number of hydrogen-bond acceptors (Lipinski definition) is 2. The Kier molecular flexibility index (Phi) is 2.36. The van der Waals surface area contributed by atoms with Crippen molar-refractivity contribution in [1.82, 2.24) is 0 Å². The molecule has 0 radical (unpaired) electrons. The fraction of sp³-hybridized carbons (Fsp3) is 0.333. The number of halogens is 2. The number of aliphatic hydroxyl groups is 1. The van der Waals surface area contributed by atoms with E-state index < -0.39 is 5.60 Å². The quantitative estimate of drug-likeness (QED) is 0.842. The van der Waals surface area contributed by atoms with Crippen molar-refractivity contribution in [2.45, 2.75) is 5.60 Å². The van der Waals surface area contributed by atoms with Crippen LogP contribution >= 0.6 is 27.5 Å². The van der Waals surface area contributed by atoms with Gasteiger partial charge in [-0.05, 0) is 18.2 Å². The molecule has 1 saturated heterocycles. The van der Waals surface area contributed by atoms with Gasteiger partial charge in [-0.1, -0.05) is 27.5 Å². The molecular formula is C9H8BrClO2. The number of benzene rings is 1. The van der Waals surface area contributed by atoms with E-state index in [0.29, 0.717) is 18.2 Å². The predicted molar refractivity (Wildman–Crippen MR) is 53.9 cm³/mol. The molecule has 2 nitrogen and oxygen atoms in total. The van der Waals surface area contributed by atoms with Crippen LogP contribution in [0.4, 0.5) is 0 Å². The van der Waals surface area contributed by atoms with Gasteiger partial charge in [0, 0.05) is 15.1 Å². The second-order valence-corrected chi connectivity index (χ2v) is 4.44. The van der Waals surface area contributed by atoms with Crippen LogP contribution in [-0.2, 0) is 10.3 Å². The van der Waals surface area contributed by atoms with Crippen molar-refractivity contribution < 1.29 is 9.84 Å². The summed E-state index contributed by atoms with van der Waals surface area (Å²) in [6, 6.07) is 5.36. The zero-order chi connectivity index (χ0) is 9.47. The van der Waals surface area contributed by atoms with Crippen molar-refractivity contribution in [1.29, 1.82) is 0 Å². The lowest BCUT2D eigenvalue weighted by molar-refractivity contribution is -0.185. The third kappa shape index (κ3) is 1.62. The van der Waals surface area contributed by atoms with E-state index in [2.05, 4.69) is 15.9 Å². The Labute approximate surface area is 89.6 Å². The van der Waals surface area contributed by atoms with Gasteiger partial charge >= 0.3 is 0 Å². The summed E-state index contributed by atoms with van der Waals surface area (Å²) in [4.78, 5) is 0. The highest BCUT2D eigenvalue weighted by molar-refractivity contribution is 9.10. The normalized spacial score (nSPS) is 19.6. The molecule has 0 amide bonds. The zero-order valence-electron chi connectivity index (χ0n) is 6.76. The van der Waals surface area contributed by atoms with Crippen LogP contribution in [0, 0.1) is 0 Å². The third-order valence-electron chi connectivity index (χ3n) is 2.11. The molecule has 1 aliphatic heterocycles. The Bertz CT molecular complexity index is 336. The van der Waals surface area contributed by atoms with Crippen LogP contribution in [-0.4, -0.2) is 18.3 Å². The Morgan fingerprint density at radius 1 is 1.46 bits per heavy atom. The molecule has 1 heterocycles. The highest BCUT2D eigenvalue weighted by Gasteiger charge is 2.39. The van der Waals surface area contributed by atoms with Crippen LogP contribution in [0.1, 0.15) is 5.56 Å². The summed E-state index contributed by atoms with van der Waals surface area (Å²) in [6.07, 6.45) is 0. The minimum absolute atomic E-state index is 0.339. The lowest BCUT2D eigenvalue weighted by Crippen LogP contribution is -2.46. The summed E-state index contributed by atoms with van der Waals surface area (Å²) in [6.45, 7) is 0.678. The highest BCUT2D eigenvalue weighted by Crippen LogP contribution is 2.35. The van der Waals surface area contributed by atoms with E-state index >= 15 is 0 Å². The number of ether oxygens (including phenoxy) is 1. The monoisotopic (exact) mass is 262 g/mol. The standard InChI is InChI=1S/C9H8BrClO2/c10-8-2-1-6(11)3-7(8)9(12)4-13-5-9/h1-3,12H,4-5H2. The van der Waals surface area contributed by atoms with Gasteiger partial charge in [-0.2, -0.15) is 0 Å². The van der Waals surface area contributed by atoms with Gasteiger partial charge in [0.05, 0.1) is 13.2 Å². The van der Waals surface area contributed by atoms with Crippen molar-refractivity contribution >= 4 is 27.5 Å². The molecule has 1 aromatic rings. The maximum Gasteiger partial charge on any atom is 0.137 e. The van der Waals surface area contributed by atoms with Crippen molar-refractivity contribution in [2.24, 2.45) is 0 Å². The first-order chi connectivity index (χ1) is 6.12. The molecule has 1 fully saturated rings. The smallest absolute Gasteiger partial charge is 0.137 e. The van der Waals surface area contributed by atoms with Gasteiger partial charge in [0.1, 0.15) is 5.60 Å². The molecule has 0 aromatic heterocycles. The molecule has 0 saturated carbocycles. The van der Waals surface area contributed by atoms with Gasteiger partial charge in [0.2, 0.25) is 0 Å². The SMILES string of the molecule is OC1(c2cc(Cl)ccc2Br)COC1. The summed E-state index contributed by atoms with van der Waals surface area (Å²) in [7, 11) is 0. The average molecular weight is 264 g/mol. The molecule has 0 bridgehead atoms. The second-order valence-electron chi connectivity index (χ2n) is 3.15. The number of hydrogen-bond donors (Lipinski definition) is 1. The van der Waals surface area contributed by atoms with Gasteiger partial charge < -0.3 is 9.84 Å². The van der Waals surface area contributed by atoms with Gasteiger partial charge in [-0.15, -0.1) is 0 Å². The molecule has 1 N–H and O–H groups in total. The van der Waals surface area contributed by atoms with E-state index in [0.717, 1.165) is 10.0 Å². The molecule has 0 aliphatic carbocycles. The molecule has 0 unspecified atom stereocenters. The molecule has 1 aliphatic rings. The largest absolute Gasteiger partial charge is 0.380 e. The van der Waals surface area contributed by atoms with Gasteiger partial charge in [0.25, 0.3) is 0 Å². The zero-order valence-corrected chi connectivity index (χ0v) is 9.10. The summed E-state index contributed by atoms with van der Waals surface area (Å²) < 4.78 is 5.84. The maximum absolute atomic E-state index is 9.97. The highest BCUT2D eigenvalue weighted by atomic mass is 79.9. The summed E-state index contributed by atoms with van der Waals surface area (Å²) >= 11 is 9.20. The summed E-state index contributed by atoms with van der Waals surface area (Å²) in [5.41, 5.74) is -0.0600. The average Bonchev–Trinajstić information content (AvgIpc) is 2.05. The molecule has 0 atom stereocenters. The molecule has 2 rings (SSSR count). The van der Waals surface area contributed by atoms with Crippen LogP contribution in [0.3, 0.4) is 0 Å². The summed E-state index contributed by atoms with van der Waals surface area (Å²) in [5.74, 6) is 0. The van der Waals surface area contributed by atoms with Crippen molar-refractivity contribution in [3.8, 4) is 0 Å². The van der Waals surface area contributed by atoms with Gasteiger partial charge in [-0.25, -0.2) is 0 Å². The first-order valence-electron chi connectivity index (χ1n) is 3.87. The van der Waals surface area contributed by atoms with Gasteiger partial charge in [-0.3, -0.25) is 0 Å². The van der Waals surface area contributed by atoms with Crippen molar-refractivity contribution in [2.75, 3.05) is 13.2 Å². The first-order valence-corrected chi connectivity index (χ1v) is 5.05. The molecule has 1 aromatic carbocycles. The van der Waals surface area contributed by atoms with Crippen LogP contribution in [0.25, 0.3) is 0 Å². The Morgan fingerprint density at radius 3 is 2.69 bits per heavy atom. The maximum atomic E-state index is 9.97. The fourth-order valence-electron chi connectivity index (χ4n) is 1.31. The molecule has 70 valence electrons. The van der Waals surface area contributed by atoms with E-state index in [9.17, 15) is 5.11 Å². The molecule has 0 spiro atoms. The van der Waals surface area contributed by atoms with E-state index in [1.165, 1.54) is 0 Å². The van der Waals surface area contributed by atoms with Crippen LogP contribution < -0.4 is 0 Å². The third-order valence-corrected chi connectivity index (χ3v) is 3.04. The van der Waals surface area contributed by atoms with E-state index in [1.807, 2.05) is 6.07 Å². The molecular weight excluding hydrogens is 255 g/mol. The molecule has 4 heteroatoms. The Hall–Kier alpha value is -0.0900. The van der Waals surface area contributed by atoms with Crippen LogP contribution in [0.2, 0.25) is 5.02 Å². The van der Waals surface area contributed by atoms with Crippen LogP contribution in [0.5, 0.6) is 0 Å².